The minimum absolute atomic E-state index is 0.0688. The summed E-state index contributed by atoms with van der Waals surface area (Å²) in [6.07, 6.45) is 3.68. The van der Waals surface area contributed by atoms with Gasteiger partial charge in [0.05, 0.1) is 19.7 Å². The van der Waals surface area contributed by atoms with E-state index in [0.717, 1.165) is 30.0 Å². The highest BCUT2D eigenvalue weighted by Gasteiger charge is 2.20. The smallest absolute Gasteiger partial charge is 0.251 e. The lowest BCUT2D eigenvalue weighted by atomic mass is 10.0. The van der Waals surface area contributed by atoms with Crippen molar-refractivity contribution in [1.82, 2.24) is 20.0 Å². The number of benzene rings is 2. The molecule has 0 bridgehead atoms. The predicted molar refractivity (Wildman–Crippen MR) is 119 cm³/mol. The zero-order valence-electron chi connectivity index (χ0n) is 17.9. The highest BCUT2D eigenvalue weighted by molar-refractivity contribution is 5.94. The molecule has 0 saturated carbocycles. The number of hydrogen-bond donors (Lipinski definition) is 1. The van der Waals surface area contributed by atoms with Crippen molar-refractivity contribution in [2.45, 2.75) is 26.4 Å². The Hall–Kier alpha value is -3.12. The molecule has 6 heteroatoms. The molecule has 1 amide bonds. The maximum atomic E-state index is 12.8. The second kappa shape index (κ2) is 10.6. The molecule has 0 saturated heterocycles. The van der Waals surface area contributed by atoms with Crippen LogP contribution in [-0.4, -0.2) is 47.3 Å². The number of nitrogens with one attached hydrogen (secondary N) is 1. The number of methoxy groups -OCH3 is 1. The van der Waals surface area contributed by atoms with Crippen LogP contribution in [0.1, 0.15) is 41.4 Å². The fraction of sp³-hybridized carbons (Fsp3) is 0.333. The van der Waals surface area contributed by atoms with Crippen LogP contribution in [0.3, 0.4) is 0 Å². The standard InChI is InChI=1S/C24H30N4O2/c1-4-27(5-2)23(21-8-6-9-22(16-21)30-3)17-25-24(29)20-12-10-19(11-13-20)18-28-15-7-14-26-28/h6-16,23H,4-5,17-18H2,1-3H3,(H,25,29). The summed E-state index contributed by atoms with van der Waals surface area (Å²) in [6.45, 7) is 7.29. The third-order valence-electron chi connectivity index (χ3n) is 5.31. The van der Waals surface area contributed by atoms with E-state index in [-0.39, 0.29) is 11.9 Å². The largest absolute Gasteiger partial charge is 0.497 e. The summed E-state index contributed by atoms with van der Waals surface area (Å²) in [4.78, 5) is 15.1. The van der Waals surface area contributed by atoms with Crippen LogP contribution < -0.4 is 10.1 Å². The maximum absolute atomic E-state index is 12.8. The van der Waals surface area contributed by atoms with Crippen LogP contribution in [0.25, 0.3) is 0 Å². The van der Waals surface area contributed by atoms with E-state index in [1.54, 1.807) is 13.3 Å². The first kappa shape index (κ1) is 21.6. The number of amides is 1. The highest BCUT2D eigenvalue weighted by Crippen LogP contribution is 2.24. The molecule has 1 aromatic heterocycles. The topological polar surface area (TPSA) is 59.4 Å². The van der Waals surface area contributed by atoms with Gasteiger partial charge in [0, 0.05) is 24.5 Å². The Bertz CT molecular complexity index is 919. The zero-order valence-corrected chi connectivity index (χ0v) is 17.9. The van der Waals surface area contributed by atoms with Gasteiger partial charge in [-0.3, -0.25) is 14.4 Å². The first-order valence-corrected chi connectivity index (χ1v) is 10.4. The first-order valence-electron chi connectivity index (χ1n) is 10.4. The minimum atomic E-state index is -0.0688. The number of likely N-dealkylation sites (N-methyl/N-ethyl adjacent to an activating group) is 1. The molecule has 1 atom stereocenters. The molecule has 0 spiro atoms. The van der Waals surface area contributed by atoms with Gasteiger partial charge in [-0.05, 0) is 54.5 Å². The van der Waals surface area contributed by atoms with Gasteiger partial charge in [-0.25, -0.2) is 0 Å². The van der Waals surface area contributed by atoms with Crippen LogP contribution in [0.5, 0.6) is 5.75 Å². The highest BCUT2D eigenvalue weighted by atomic mass is 16.5. The summed E-state index contributed by atoms with van der Waals surface area (Å²) in [5, 5.41) is 7.33. The fourth-order valence-electron chi connectivity index (χ4n) is 3.60. The second-order valence-corrected chi connectivity index (χ2v) is 7.12. The lowest BCUT2D eigenvalue weighted by Gasteiger charge is -2.30. The Morgan fingerprint density at radius 1 is 1.13 bits per heavy atom. The summed E-state index contributed by atoms with van der Waals surface area (Å²) in [5.74, 6) is 0.754. The van der Waals surface area contributed by atoms with Gasteiger partial charge in [-0.2, -0.15) is 5.10 Å². The lowest BCUT2D eigenvalue weighted by molar-refractivity contribution is 0.0935. The number of rotatable bonds is 10. The Balaban J connectivity index is 1.67. The van der Waals surface area contributed by atoms with Gasteiger partial charge in [-0.1, -0.05) is 38.1 Å². The van der Waals surface area contributed by atoms with Gasteiger partial charge in [0.2, 0.25) is 0 Å². The molecule has 30 heavy (non-hydrogen) atoms. The van der Waals surface area contributed by atoms with Crippen LogP contribution in [0, 0.1) is 0 Å². The molecular weight excluding hydrogens is 376 g/mol. The van der Waals surface area contributed by atoms with E-state index >= 15 is 0 Å². The summed E-state index contributed by atoms with van der Waals surface area (Å²) < 4.78 is 7.24. The quantitative estimate of drug-likeness (QED) is 0.557. The van der Waals surface area contributed by atoms with Gasteiger partial charge >= 0.3 is 0 Å². The van der Waals surface area contributed by atoms with Gasteiger partial charge < -0.3 is 10.1 Å². The van der Waals surface area contributed by atoms with Crippen LogP contribution >= 0.6 is 0 Å². The van der Waals surface area contributed by atoms with Crippen molar-refractivity contribution in [3.8, 4) is 5.75 Å². The van der Waals surface area contributed by atoms with Crippen molar-refractivity contribution < 1.29 is 9.53 Å². The molecular formula is C24H30N4O2. The van der Waals surface area contributed by atoms with Crippen LogP contribution in [0.4, 0.5) is 0 Å². The molecule has 0 fully saturated rings. The summed E-state index contributed by atoms with van der Waals surface area (Å²) in [7, 11) is 1.67. The Morgan fingerprint density at radius 2 is 1.90 bits per heavy atom. The number of nitrogens with zero attached hydrogens (tertiary/aromatic N) is 3. The van der Waals surface area contributed by atoms with Gasteiger partial charge in [0.25, 0.3) is 5.91 Å². The molecule has 1 N–H and O–H groups in total. The number of hydrogen-bond acceptors (Lipinski definition) is 4. The lowest BCUT2D eigenvalue weighted by Crippen LogP contribution is -2.38. The van der Waals surface area contributed by atoms with E-state index in [4.69, 9.17) is 4.74 Å². The van der Waals surface area contributed by atoms with E-state index < -0.39 is 0 Å². The average molecular weight is 407 g/mol. The van der Waals surface area contributed by atoms with E-state index in [9.17, 15) is 4.79 Å². The maximum Gasteiger partial charge on any atom is 0.251 e. The molecule has 2 aromatic carbocycles. The van der Waals surface area contributed by atoms with Crippen molar-refractivity contribution in [3.05, 3.63) is 83.7 Å². The average Bonchev–Trinajstić information content (AvgIpc) is 3.30. The number of carbonyl (C=O) groups is 1. The van der Waals surface area contributed by atoms with Crippen LogP contribution in [0.2, 0.25) is 0 Å². The first-order chi connectivity index (χ1) is 14.6. The Kier molecular flexibility index (Phi) is 7.63. The number of aromatic nitrogens is 2. The van der Waals surface area contributed by atoms with Crippen molar-refractivity contribution in [1.29, 1.82) is 0 Å². The molecule has 0 aliphatic carbocycles. The molecule has 1 unspecified atom stereocenters. The molecule has 0 aliphatic heterocycles. The molecule has 3 aromatic rings. The summed E-state index contributed by atoms with van der Waals surface area (Å²) in [6, 6.07) is 17.7. The van der Waals surface area contributed by atoms with E-state index in [1.807, 2.05) is 59.4 Å². The molecule has 1 heterocycles. The Labute approximate surface area is 178 Å². The van der Waals surface area contributed by atoms with Crippen LogP contribution in [0.15, 0.2) is 67.0 Å². The molecule has 6 nitrogen and oxygen atoms in total. The van der Waals surface area contributed by atoms with Crippen molar-refractivity contribution in [3.63, 3.8) is 0 Å². The normalized spacial score (nSPS) is 12.0. The molecule has 0 aliphatic rings. The van der Waals surface area contributed by atoms with Crippen LogP contribution in [-0.2, 0) is 6.54 Å². The minimum Gasteiger partial charge on any atom is -0.497 e. The van der Waals surface area contributed by atoms with E-state index in [0.29, 0.717) is 18.7 Å². The van der Waals surface area contributed by atoms with Gasteiger partial charge in [0.1, 0.15) is 5.75 Å². The second-order valence-electron chi connectivity index (χ2n) is 7.12. The third kappa shape index (κ3) is 5.48. The van der Waals surface area contributed by atoms with Crippen molar-refractivity contribution in [2.24, 2.45) is 0 Å². The molecule has 3 rings (SSSR count). The monoisotopic (exact) mass is 406 g/mol. The third-order valence-corrected chi connectivity index (χ3v) is 5.31. The summed E-state index contributed by atoms with van der Waals surface area (Å²) >= 11 is 0. The number of ether oxygens (including phenoxy) is 1. The molecule has 0 radical (unpaired) electrons. The van der Waals surface area contributed by atoms with Gasteiger partial charge in [-0.15, -0.1) is 0 Å². The molecule has 158 valence electrons. The van der Waals surface area contributed by atoms with E-state index in [1.165, 1.54) is 0 Å². The fourth-order valence-corrected chi connectivity index (χ4v) is 3.60. The predicted octanol–water partition coefficient (Wildman–Crippen LogP) is 3.75. The SMILES string of the molecule is CCN(CC)C(CNC(=O)c1ccc(Cn2cccn2)cc1)c1cccc(OC)c1. The Morgan fingerprint density at radius 3 is 2.53 bits per heavy atom. The van der Waals surface area contributed by atoms with Crippen molar-refractivity contribution >= 4 is 5.91 Å². The zero-order chi connectivity index (χ0) is 21.3. The van der Waals surface area contributed by atoms with Gasteiger partial charge in [0.15, 0.2) is 0 Å². The number of carbonyl (C=O) groups excluding carboxylic acids is 1. The summed E-state index contributed by atoms with van der Waals surface area (Å²) in [5.41, 5.74) is 2.89. The van der Waals surface area contributed by atoms with Crippen molar-refractivity contribution in [2.75, 3.05) is 26.7 Å². The van der Waals surface area contributed by atoms with E-state index in [2.05, 4.69) is 35.2 Å².